The molecule has 1 saturated heterocycles. The van der Waals surface area contributed by atoms with Gasteiger partial charge in [-0.15, -0.1) is 0 Å². The third kappa shape index (κ3) is 3.35. The fourth-order valence-electron chi connectivity index (χ4n) is 2.06. The molecular weight excluding hydrogens is 200 g/mol. The molecule has 1 unspecified atom stereocenters. The van der Waals surface area contributed by atoms with Crippen LogP contribution in [0, 0.1) is 0 Å². The van der Waals surface area contributed by atoms with E-state index in [1.165, 1.54) is 12.8 Å². The van der Waals surface area contributed by atoms with Gasteiger partial charge in [-0.3, -0.25) is 4.79 Å². The van der Waals surface area contributed by atoms with Crippen molar-refractivity contribution in [2.45, 2.75) is 31.7 Å². The maximum absolute atomic E-state index is 11.7. The second-order valence-electron chi connectivity index (χ2n) is 4.27. The van der Waals surface area contributed by atoms with E-state index in [1.807, 2.05) is 30.3 Å². The molecule has 16 heavy (non-hydrogen) atoms. The smallest absolute Gasteiger partial charge is 0.225 e. The van der Waals surface area contributed by atoms with Crippen molar-refractivity contribution < 1.29 is 4.79 Å². The Morgan fingerprint density at radius 3 is 2.81 bits per heavy atom. The van der Waals surface area contributed by atoms with Gasteiger partial charge < -0.3 is 10.6 Å². The number of hydrogen-bond donors (Lipinski definition) is 2. The summed E-state index contributed by atoms with van der Waals surface area (Å²) in [6.45, 7) is 1.04. The second-order valence-corrected chi connectivity index (χ2v) is 4.27. The Morgan fingerprint density at radius 1 is 1.31 bits per heavy atom. The lowest BCUT2D eigenvalue weighted by Crippen LogP contribution is -2.36. The summed E-state index contributed by atoms with van der Waals surface area (Å²) in [4.78, 5) is 11.7. The molecular formula is C13H18N2O. The highest BCUT2D eigenvalue weighted by Crippen LogP contribution is 2.12. The molecule has 1 atom stereocenters. The van der Waals surface area contributed by atoms with Crippen LogP contribution in [0.3, 0.4) is 0 Å². The van der Waals surface area contributed by atoms with Crippen molar-refractivity contribution in [3.05, 3.63) is 30.3 Å². The first-order valence-electron chi connectivity index (χ1n) is 5.93. The van der Waals surface area contributed by atoms with E-state index in [9.17, 15) is 4.79 Å². The average molecular weight is 218 g/mol. The Morgan fingerprint density at radius 2 is 2.12 bits per heavy atom. The largest absolute Gasteiger partial charge is 0.326 e. The number of nitrogens with one attached hydrogen (secondary N) is 2. The van der Waals surface area contributed by atoms with Gasteiger partial charge in [0.1, 0.15) is 0 Å². The molecule has 3 nitrogen and oxygen atoms in total. The van der Waals surface area contributed by atoms with E-state index >= 15 is 0 Å². The Bertz CT molecular complexity index is 331. The number of carbonyl (C=O) groups excluding carboxylic acids is 1. The molecule has 1 aliphatic rings. The van der Waals surface area contributed by atoms with Gasteiger partial charge in [-0.05, 0) is 31.5 Å². The highest BCUT2D eigenvalue weighted by Gasteiger charge is 2.15. The Labute approximate surface area is 96.2 Å². The molecule has 0 radical (unpaired) electrons. The SMILES string of the molecule is O=C(CC1CCCCN1)Nc1ccccc1. The van der Waals surface area contributed by atoms with E-state index in [2.05, 4.69) is 10.6 Å². The number of hydrogen-bond acceptors (Lipinski definition) is 2. The summed E-state index contributed by atoms with van der Waals surface area (Å²) in [7, 11) is 0. The van der Waals surface area contributed by atoms with Gasteiger partial charge in [0.2, 0.25) is 5.91 Å². The lowest BCUT2D eigenvalue weighted by atomic mass is 10.0. The van der Waals surface area contributed by atoms with Crippen molar-refractivity contribution in [1.29, 1.82) is 0 Å². The van der Waals surface area contributed by atoms with Crippen LogP contribution in [0.1, 0.15) is 25.7 Å². The van der Waals surface area contributed by atoms with Crippen LogP contribution in [-0.2, 0) is 4.79 Å². The van der Waals surface area contributed by atoms with Crippen LogP contribution >= 0.6 is 0 Å². The molecule has 3 heteroatoms. The molecule has 0 bridgehead atoms. The van der Waals surface area contributed by atoms with Crippen LogP contribution in [0.4, 0.5) is 5.69 Å². The van der Waals surface area contributed by atoms with Gasteiger partial charge in [0.05, 0.1) is 0 Å². The maximum atomic E-state index is 11.7. The minimum atomic E-state index is 0.102. The molecule has 2 rings (SSSR count). The number of carbonyl (C=O) groups is 1. The zero-order valence-corrected chi connectivity index (χ0v) is 9.41. The van der Waals surface area contributed by atoms with Crippen LogP contribution < -0.4 is 10.6 Å². The zero-order valence-electron chi connectivity index (χ0n) is 9.41. The second kappa shape index (κ2) is 5.66. The van der Waals surface area contributed by atoms with Crippen molar-refractivity contribution in [2.75, 3.05) is 11.9 Å². The topological polar surface area (TPSA) is 41.1 Å². The molecule has 1 aromatic carbocycles. The first kappa shape index (κ1) is 11.1. The normalized spacial score (nSPS) is 20.4. The monoisotopic (exact) mass is 218 g/mol. The van der Waals surface area contributed by atoms with Gasteiger partial charge in [-0.25, -0.2) is 0 Å². The van der Waals surface area contributed by atoms with E-state index < -0.39 is 0 Å². The lowest BCUT2D eigenvalue weighted by Gasteiger charge is -2.22. The molecule has 1 amide bonds. The third-order valence-electron chi connectivity index (χ3n) is 2.90. The number of amides is 1. The predicted octanol–water partition coefficient (Wildman–Crippen LogP) is 2.16. The molecule has 1 heterocycles. The predicted molar refractivity (Wildman–Crippen MR) is 65.3 cm³/mol. The standard InChI is InChI=1S/C13H18N2O/c16-13(10-12-8-4-5-9-14-12)15-11-6-2-1-3-7-11/h1-3,6-7,12,14H,4-5,8-10H2,(H,15,16). The van der Waals surface area contributed by atoms with Gasteiger partial charge in [0.25, 0.3) is 0 Å². The first-order valence-corrected chi connectivity index (χ1v) is 5.93. The summed E-state index contributed by atoms with van der Waals surface area (Å²) >= 11 is 0. The van der Waals surface area contributed by atoms with Crippen molar-refractivity contribution in [3.63, 3.8) is 0 Å². The number of rotatable bonds is 3. The summed E-state index contributed by atoms with van der Waals surface area (Å²) in [6.07, 6.45) is 4.16. The van der Waals surface area contributed by atoms with Crippen molar-refractivity contribution in [3.8, 4) is 0 Å². The maximum Gasteiger partial charge on any atom is 0.225 e. The Balaban J connectivity index is 1.80. The molecule has 0 saturated carbocycles. The summed E-state index contributed by atoms with van der Waals surface area (Å²) < 4.78 is 0. The lowest BCUT2D eigenvalue weighted by molar-refractivity contribution is -0.116. The molecule has 0 aliphatic carbocycles. The molecule has 86 valence electrons. The van der Waals surface area contributed by atoms with Crippen molar-refractivity contribution in [2.24, 2.45) is 0 Å². The van der Waals surface area contributed by atoms with E-state index in [0.29, 0.717) is 12.5 Å². The van der Waals surface area contributed by atoms with Gasteiger partial charge >= 0.3 is 0 Å². The minimum Gasteiger partial charge on any atom is -0.326 e. The van der Waals surface area contributed by atoms with Crippen molar-refractivity contribution >= 4 is 11.6 Å². The quantitative estimate of drug-likeness (QED) is 0.816. The van der Waals surface area contributed by atoms with Crippen LogP contribution in [0.5, 0.6) is 0 Å². The average Bonchev–Trinajstić information content (AvgIpc) is 2.31. The van der Waals surface area contributed by atoms with Crippen LogP contribution in [-0.4, -0.2) is 18.5 Å². The Hall–Kier alpha value is -1.35. The number of benzene rings is 1. The molecule has 2 N–H and O–H groups in total. The minimum absolute atomic E-state index is 0.102. The van der Waals surface area contributed by atoms with Gasteiger partial charge in [-0.1, -0.05) is 24.6 Å². The molecule has 0 spiro atoms. The van der Waals surface area contributed by atoms with E-state index in [1.54, 1.807) is 0 Å². The number of anilines is 1. The summed E-state index contributed by atoms with van der Waals surface area (Å²) in [5, 5.41) is 6.29. The highest BCUT2D eigenvalue weighted by atomic mass is 16.1. The van der Waals surface area contributed by atoms with E-state index in [-0.39, 0.29) is 5.91 Å². The fraction of sp³-hybridized carbons (Fsp3) is 0.462. The number of para-hydroxylation sites is 1. The first-order chi connectivity index (χ1) is 7.84. The third-order valence-corrected chi connectivity index (χ3v) is 2.90. The van der Waals surface area contributed by atoms with E-state index in [4.69, 9.17) is 0 Å². The van der Waals surface area contributed by atoms with Crippen molar-refractivity contribution in [1.82, 2.24) is 5.32 Å². The summed E-state index contributed by atoms with van der Waals surface area (Å²) in [6, 6.07) is 9.97. The molecule has 0 aromatic heterocycles. The van der Waals surface area contributed by atoms with Crippen LogP contribution in [0.25, 0.3) is 0 Å². The molecule has 1 aliphatic heterocycles. The zero-order chi connectivity index (χ0) is 11.2. The van der Waals surface area contributed by atoms with Gasteiger partial charge in [0, 0.05) is 18.2 Å². The molecule has 1 fully saturated rings. The number of piperidine rings is 1. The Kier molecular flexibility index (Phi) is 3.94. The summed E-state index contributed by atoms with van der Waals surface area (Å²) in [5.41, 5.74) is 0.878. The van der Waals surface area contributed by atoms with Gasteiger partial charge in [-0.2, -0.15) is 0 Å². The van der Waals surface area contributed by atoms with E-state index in [0.717, 1.165) is 18.7 Å². The van der Waals surface area contributed by atoms with Crippen LogP contribution in [0.15, 0.2) is 30.3 Å². The van der Waals surface area contributed by atoms with Crippen LogP contribution in [0.2, 0.25) is 0 Å². The highest BCUT2D eigenvalue weighted by molar-refractivity contribution is 5.91. The fourth-order valence-corrected chi connectivity index (χ4v) is 2.06. The van der Waals surface area contributed by atoms with Gasteiger partial charge in [0.15, 0.2) is 0 Å². The molecule has 1 aromatic rings. The summed E-state index contributed by atoms with van der Waals surface area (Å²) in [5.74, 6) is 0.102.